The second-order valence-corrected chi connectivity index (χ2v) is 5.65. The largest absolute Gasteiger partial charge is 0.389 e. The molecule has 3 rings (SSSR count). The van der Waals surface area contributed by atoms with Crippen molar-refractivity contribution < 1.29 is 5.11 Å². The lowest BCUT2D eigenvalue weighted by Gasteiger charge is -2.36. The third-order valence-corrected chi connectivity index (χ3v) is 4.13. The Hall–Kier alpha value is -0.860. The molecule has 2 aliphatic rings. The normalized spacial score (nSPS) is 22.2. The molecular formula is C15H21NO. The van der Waals surface area contributed by atoms with Gasteiger partial charge in [0.1, 0.15) is 0 Å². The van der Waals surface area contributed by atoms with E-state index in [1.165, 1.54) is 30.4 Å². The molecule has 2 heteroatoms. The van der Waals surface area contributed by atoms with Gasteiger partial charge in [0.05, 0.1) is 5.60 Å². The number of nitrogens with one attached hydrogen (secondary N) is 1. The van der Waals surface area contributed by atoms with Gasteiger partial charge in [0.2, 0.25) is 0 Å². The summed E-state index contributed by atoms with van der Waals surface area (Å²) in [6.07, 6.45) is 5.80. The molecule has 0 aliphatic heterocycles. The van der Waals surface area contributed by atoms with Crippen LogP contribution in [-0.4, -0.2) is 17.3 Å². The maximum atomic E-state index is 10.0. The first-order valence-corrected chi connectivity index (χ1v) is 6.78. The molecule has 2 aliphatic carbocycles. The second-order valence-electron chi connectivity index (χ2n) is 5.65. The second kappa shape index (κ2) is 4.43. The molecule has 0 saturated heterocycles. The van der Waals surface area contributed by atoms with E-state index in [0.717, 1.165) is 31.8 Å². The molecular weight excluding hydrogens is 210 g/mol. The molecule has 92 valence electrons. The highest BCUT2D eigenvalue weighted by atomic mass is 16.3. The van der Waals surface area contributed by atoms with Crippen molar-refractivity contribution in [3.8, 4) is 0 Å². The van der Waals surface area contributed by atoms with E-state index in [4.69, 9.17) is 0 Å². The van der Waals surface area contributed by atoms with Crippen molar-refractivity contribution in [2.45, 2.75) is 50.2 Å². The lowest BCUT2D eigenvalue weighted by molar-refractivity contribution is -0.0314. The predicted octanol–water partition coefficient (Wildman–Crippen LogP) is 2.57. The van der Waals surface area contributed by atoms with Gasteiger partial charge < -0.3 is 10.4 Å². The fourth-order valence-electron chi connectivity index (χ4n) is 2.68. The number of hydrogen-bond acceptors (Lipinski definition) is 2. The minimum absolute atomic E-state index is 0.408. The lowest BCUT2D eigenvalue weighted by atomic mass is 9.80. The van der Waals surface area contributed by atoms with E-state index in [0.29, 0.717) is 0 Å². The molecule has 2 saturated carbocycles. The Morgan fingerprint density at radius 3 is 2.65 bits per heavy atom. The van der Waals surface area contributed by atoms with Crippen LogP contribution < -0.4 is 5.32 Å². The van der Waals surface area contributed by atoms with Crippen LogP contribution in [0.5, 0.6) is 0 Å². The summed E-state index contributed by atoms with van der Waals surface area (Å²) in [4.78, 5) is 0. The first kappa shape index (κ1) is 11.2. The Morgan fingerprint density at radius 2 is 2.00 bits per heavy atom. The molecule has 0 radical (unpaired) electrons. The van der Waals surface area contributed by atoms with E-state index in [1.54, 1.807) is 0 Å². The summed E-state index contributed by atoms with van der Waals surface area (Å²) in [5.41, 5.74) is 2.52. The summed E-state index contributed by atoms with van der Waals surface area (Å²) < 4.78 is 0. The summed E-state index contributed by atoms with van der Waals surface area (Å²) in [6.45, 7) is 1.64. The van der Waals surface area contributed by atoms with Crippen LogP contribution in [0.1, 0.15) is 49.1 Å². The maximum absolute atomic E-state index is 10.0. The van der Waals surface area contributed by atoms with E-state index < -0.39 is 5.60 Å². The van der Waals surface area contributed by atoms with Crippen molar-refractivity contribution in [2.24, 2.45) is 0 Å². The summed E-state index contributed by atoms with van der Waals surface area (Å²) in [7, 11) is 0. The molecule has 17 heavy (non-hydrogen) atoms. The van der Waals surface area contributed by atoms with Gasteiger partial charge in [-0.3, -0.25) is 0 Å². The molecule has 0 unspecified atom stereocenters. The van der Waals surface area contributed by atoms with Gasteiger partial charge in [-0.1, -0.05) is 24.3 Å². The van der Waals surface area contributed by atoms with E-state index in [9.17, 15) is 5.11 Å². The van der Waals surface area contributed by atoms with Gasteiger partial charge in [-0.25, -0.2) is 0 Å². The third-order valence-electron chi connectivity index (χ3n) is 4.13. The van der Waals surface area contributed by atoms with Crippen LogP contribution in [0.4, 0.5) is 0 Å². The smallest absolute Gasteiger partial charge is 0.0771 e. The summed E-state index contributed by atoms with van der Waals surface area (Å²) >= 11 is 0. The fraction of sp³-hybridized carbons (Fsp3) is 0.600. The van der Waals surface area contributed by atoms with Crippen LogP contribution in [0, 0.1) is 0 Å². The van der Waals surface area contributed by atoms with E-state index in [1.807, 2.05) is 0 Å². The van der Waals surface area contributed by atoms with Crippen LogP contribution in [0.25, 0.3) is 0 Å². The van der Waals surface area contributed by atoms with Gasteiger partial charge in [-0.15, -0.1) is 0 Å². The molecule has 2 nitrogen and oxygen atoms in total. The number of benzene rings is 1. The topological polar surface area (TPSA) is 32.3 Å². The highest BCUT2D eigenvalue weighted by molar-refractivity contribution is 5.33. The van der Waals surface area contributed by atoms with Crippen molar-refractivity contribution in [2.75, 3.05) is 6.54 Å². The molecule has 0 bridgehead atoms. The van der Waals surface area contributed by atoms with Crippen LogP contribution >= 0.6 is 0 Å². The van der Waals surface area contributed by atoms with Gasteiger partial charge in [0.15, 0.2) is 0 Å². The van der Waals surface area contributed by atoms with Crippen molar-refractivity contribution in [1.82, 2.24) is 5.32 Å². The minimum atomic E-state index is -0.408. The van der Waals surface area contributed by atoms with Gasteiger partial charge in [0.25, 0.3) is 0 Å². The quantitative estimate of drug-likeness (QED) is 0.816. The minimum Gasteiger partial charge on any atom is -0.389 e. The Balaban J connectivity index is 1.57. The van der Waals surface area contributed by atoms with Crippen molar-refractivity contribution >= 4 is 0 Å². The van der Waals surface area contributed by atoms with Crippen LogP contribution in [0.3, 0.4) is 0 Å². The van der Waals surface area contributed by atoms with E-state index in [2.05, 4.69) is 29.6 Å². The van der Waals surface area contributed by atoms with Crippen molar-refractivity contribution in [3.05, 3.63) is 35.4 Å². The van der Waals surface area contributed by atoms with Crippen molar-refractivity contribution in [1.29, 1.82) is 0 Å². The molecule has 2 N–H and O–H groups in total. The lowest BCUT2D eigenvalue weighted by Crippen LogP contribution is -2.46. The standard InChI is InChI=1S/C15H21NO/c17-15(8-3-9-15)11-16-10-13-4-1-2-5-14(13)12-6-7-12/h1-2,4-5,12,16-17H,3,6-11H2. The predicted molar refractivity (Wildman–Crippen MR) is 68.9 cm³/mol. The zero-order valence-electron chi connectivity index (χ0n) is 10.3. The molecule has 0 amide bonds. The Morgan fingerprint density at radius 1 is 1.24 bits per heavy atom. The van der Waals surface area contributed by atoms with E-state index >= 15 is 0 Å². The molecule has 2 fully saturated rings. The first-order chi connectivity index (χ1) is 8.27. The number of rotatable bonds is 5. The Kier molecular flexibility index (Phi) is 2.93. The van der Waals surface area contributed by atoms with Gasteiger partial charge in [-0.05, 0) is 49.1 Å². The van der Waals surface area contributed by atoms with Crippen LogP contribution in [0.2, 0.25) is 0 Å². The molecule has 0 heterocycles. The zero-order valence-corrected chi connectivity index (χ0v) is 10.3. The SMILES string of the molecule is OC1(CNCc2ccccc2C2CC2)CCC1. The van der Waals surface area contributed by atoms with Gasteiger partial charge in [-0.2, -0.15) is 0 Å². The zero-order chi connectivity index (χ0) is 11.7. The van der Waals surface area contributed by atoms with E-state index in [-0.39, 0.29) is 0 Å². The molecule has 1 aromatic rings. The highest BCUT2D eigenvalue weighted by Gasteiger charge is 2.33. The highest BCUT2D eigenvalue weighted by Crippen LogP contribution is 2.41. The Bertz CT molecular complexity index is 394. The van der Waals surface area contributed by atoms with Crippen LogP contribution in [-0.2, 0) is 6.54 Å². The first-order valence-electron chi connectivity index (χ1n) is 6.78. The number of hydrogen-bond donors (Lipinski definition) is 2. The van der Waals surface area contributed by atoms with Crippen molar-refractivity contribution in [3.63, 3.8) is 0 Å². The summed E-state index contributed by atoms with van der Waals surface area (Å²) in [6, 6.07) is 8.72. The van der Waals surface area contributed by atoms with Gasteiger partial charge >= 0.3 is 0 Å². The number of aliphatic hydroxyl groups is 1. The summed E-state index contributed by atoms with van der Waals surface area (Å²) in [5.74, 6) is 0.805. The molecule has 0 aromatic heterocycles. The summed E-state index contributed by atoms with van der Waals surface area (Å²) in [5, 5.41) is 13.4. The Labute approximate surface area is 103 Å². The molecule has 0 spiro atoms. The molecule has 0 atom stereocenters. The average Bonchev–Trinajstić information content (AvgIpc) is 3.11. The monoisotopic (exact) mass is 231 g/mol. The van der Waals surface area contributed by atoms with Crippen LogP contribution in [0.15, 0.2) is 24.3 Å². The third kappa shape index (κ3) is 2.53. The fourth-order valence-corrected chi connectivity index (χ4v) is 2.68. The van der Waals surface area contributed by atoms with Gasteiger partial charge in [0, 0.05) is 13.1 Å². The molecule has 1 aromatic carbocycles. The average molecular weight is 231 g/mol. The maximum Gasteiger partial charge on any atom is 0.0771 e.